The number of ether oxygens (including phenoxy) is 1. The van der Waals surface area contributed by atoms with Crippen LogP contribution in [-0.2, 0) is 4.74 Å². The zero-order valence-electron chi connectivity index (χ0n) is 24.9. The van der Waals surface area contributed by atoms with Crippen LogP contribution in [0.25, 0.3) is 5.65 Å². The van der Waals surface area contributed by atoms with E-state index in [1.54, 1.807) is 33.8 Å². The third-order valence-corrected chi connectivity index (χ3v) is 7.70. The number of halogens is 2. The van der Waals surface area contributed by atoms with Gasteiger partial charge in [0.2, 0.25) is 0 Å². The molecule has 0 spiro atoms. The van der Waals surface area contributed by atoms with Crippen LogP contribution < -0.4 is 21.1 Å². The number of fused-ring (bicyclic) bond motifs is 1. The average Bonchev–Trinajstić information content (AvgIpc) is 3.30. The second-order valence-electron chi connectivity index (χ2n) is 12.8. The Balaban J connectivity index is 1.51. The highest BCUT2D eigenvalue weighted by molar-refractivity contribution is 6.00. The Bertz CT molecular complexity index is 1600. The summed E-state index contributed by atoms with van der Waals surface area (Å²) >= 11 is 0. The number of nitrogens with zero attached hydrogens (tertiary/aromatic N) is 5. The smallest absolute Gasteiger partial charge is 0.415 e. The normalized spacial score (nSPS) is 22.1. The van der Waals surface area contributed by atoms with E-state index in [0.717, 1.165) is 6.42 Å². The molecule has 2 aliphatic carbocycles. The summed E-state index contributed by atoms with van der Waals surface area (Å²) in [5.41, 5.74) is -1.88. The van der Waals surface area contributed by atoms with Gasteiger partial charge in [-0.3, -0.25) is 14.5 Å². The molecule has 3 N–H and O–H groups in total. The molecule has 0 unspecified atom stereocenters. The molecule has 232 valence electrons. The van der Waals surface area contributed by atoms with Crippen molar-refractivity contribution in [2.45, 2.75) is 95.4 Å². The second kappa shape index (κ2) is 10.9. The molecule has 12 nitrogen and oxygen atoms in total. The lowest BCUT2D eigenvalue weighted by molar-refractivity contribution is -0.104. The van der Waals surface area contributed by atoms with Gasteiger partial charge in [-0.05, 0) is 65.5 Å². The van der Waals surface area contributed by atoms with Crippen LogP contribution in [0.15, 0.2) is 35.4 Å². The third-order valence-electron chi connectivity index (χ3n) is 7.70. The largest absolute Gasteiger partial charge is 0.443 e. The van der Waals surface area contributed by atoms with Crippen molar-refractivity contribution >= 4 is 35.0 Å². The van der Waals surface area contributed by atoms with Crippen LogP contribution in [0.5, 0.6) is 0 Å². The van der Waals surface area contributed by atoms with Crippen molar-refractivity contribution in [3.63, 3.8) is 0 Å². The quantitative estimate of drug-likeness (QED) is 0.377. The molecule has 3 aromatic rings. The molecule has 2 fully saturated rings. The van der Waals surface area contributed by atoms with Gasteiger partial charge in [0.1, 0.15) is 28.5 Å². The first-order valence-corrected chi connectivity index (χ1v) is 14.3. The number of carbonyl (C=O) groups excluding carboxylic acids is 2. The van der Waals surface area contributed by atoms with Crippen LogP contribution in [0.4, 0.5) is 30.9 Å². The third kappa shape index (κ3) is 6.63. The zero-order valence-corrected chi connectivity index (χ0v) is 24.9. The minimum atomic E-state index is -2.80. The molecule has 0 saturated heterocycles. The lowest BCUT2D eigenvalue weighted by atomic mass is 9.83. The number of aromatic nitrogens is 4. The summed E-state index contributed by atoms with van der Waals surface area (Å²) < 4.78 is 35.1. The highest BCUT2D eigenvalue weighted by atomic mass is 19.3. The van der Waals surface area contributed by atoms with Crippen molar-refractivity contribution in [3.8, 4) is 0 Å². The van der Waals surface area contributed by atoms with E-state index in [4.69, 9.17) is 4.74 Å². The van der Waals surface area contributed by atoms with E-state index in [0.29, 0.717) is 19.3 Å². The molecule has 5 rings (SSSR count). The summed E-state index contributed by atoms with van der Waals surface area (Å²) in [5.74, 6) is -2.95. The van der Waals surface area contributed by atoms with Crippen LogP contribution in [0.2, 0.25) is 0 Å². The summed E-state index contributed by atoms with van der Waals surface area (Å²) in [7, 11) is 1.48. The fraction of sp³-hybridized carbons (Fsp3) is 0.552. The Kier molecular flexibility index (Phi) is 7.69. The molecular weight excluding hydrogens is 564 g/mol. The van der Waals surface area contributed by atoms with E-state index in [9.17, 15) is 28.3 Å². The van der Waals surface area contributed by atoms with Crippen molar-refractivity contribution < 1.29 is 28.2 Å². The monoisotopic (exact) mass is 601 g/mol. The first-order valence-electron chi connectivity index (χ1n) is 14.3. The van der Waals surface area contributed by atoms with E-state index < -0.39 is 53.6 Å². The number of pyridine rings is 1. The van der Waals surface area contributed by atoms with Crippen LogP contribution in [0, 0.1) is 0 Å². The predicted molar refractivity (Wildman–Crippen MR) is 155 cm³/mol. The highest BCUT2D eigenvalue weighted by Gasteiger charge is 2.46. The van der Waals surface area contributed by atoms with E-state index in [1.807, 2.05) is 0 Å². The van der Waals surface area contributed by atoms with Crippen molar-refractivity contribution in [1.29, 1.82) is 0 Å². The van der Waals surface area contributed by atoms with E-state index in [-0.39, 0.29) is 34.6 Å². The number of rotatable bonds is 6. The molecule has 0 bridgehead atoms. The van der Waals surface area contributed by atoms with Crippen molar-refractivity contribution in [3.05, 3.63) is 46.5 Å². The van der Waals surface area contributed by atoms with Gasteiger partial charge in [-0.2, -0.15) is 9.61 Å². The van der Waals surface area contributed by atoms with E-state index in [2.05, 4.69) is 20.7 Å². The summed E-state index contributed by atoms with van der Waals surface area (Å²) in [6, 6.07) is 3.66. The lowest BCUT2D eigenvalue weighted by Gasteiger charge is -2.36. The summed E-state index contributed by atoms with van der Waals surface area (Å²) in [6.07, 6.45) is 3.79. The molecule has 2 saturated carbocycles. The van der Waals surface area contributed by atoms with Gasteiger partial charge in [-0.15, -0.1) is 0 Å². The standard InChI is InChI=1S/C29H37F2N7O5/c1-27(2,3)43-26(41)36(5)22-12-21(34-20-9-7-11-37(25(20)40)18-14-29(30,31)15-18)35-23-19(16-32-38(22)23)24(39)33-17-8-6-10-28(4,42)13-17/h7,9,11-12,16-18,42H,6,8,10,13-15H2,1-5H3,(H,33,39)(H,34,35)/t17-,28-/m0/s1. The topological polar surface area (TPSA) is 143 Å². The maximum atomic E-state index is 13.5. The fourth-order valence-corrected chi connectivity index (χ4v) is 5.54. The van der Waals surface area contributed by atoms with Gasteiger partial charge in [0.05, 0.1) is 11.8 Å². The molecule has 2 atom stereocenters. The van der Waals surface area contributed by atoms with Gasteiger partial charge < -0.3 is 25.0 Å². The Morgan fingerprint density at radius 3 is 2.60 bits per heavy atom. The van der Waals surface area contributed by atoms with Crippen molar-refractivity contribution in [1.82, 2.24) is 24.5 Å². The molecule has 2 aliphatic rings. The average molecular weight is 602 g/mol. The van der Waals surface area contributed by atoms with Gasteiger partial charge in [-0.1, -0.05) is 0 Å². The predicted octanol–water partition coefficient (Wildman–Crippen LogP) is 4.40. The summed E-state index contributed by atoms with van der Waals surface area (Å²) in [6.45, 7) is 6.93. The molecule has 0 radical (unpaired) electrons. The summed E-state index contributed by atoms with van der Waals surface area (Å²) in [5, 5.41) is 20.7. The Labute approximate surface area is 247 Å². The maximum Gasteiger partial charge on any atom is 0.415 e. The molecule has 3 aromatic heterocycles. The summed E-state index contributed by atoms with van der Waals surface area (Å²) in [4.78, 5) is 45.4. The number of aliphatic hydroxyl groups is 1. The molecule has 43 heavy (non-hydrogen) atoms. The number of alkyl halides is 2. The number of amides is 2. The van der Waals surface area contributed by atoms with E-state index >= 15 is 0 Å². The Morgan fingerprint density at radius 1 is 1.23 bits per heavy atom. The van der Waals surface area contributed by atoms with Crippen LogP contribution in [0.1, 0.15) is 82.6 Å². The molecule has 14 heteroatoms. The molecule has 2 amide bonds. The van der Waals surface area contributed by atoms with Gasteiger partial charge in [-0.25, -0.2) is 18.6 Å². The Hall–Kier alpha value is -4.07. The van der Waals surface area contributed by atoms with Gasteiger partial charge in [0, 0.05) is 44.2 Å². The van der Waals surface area contributed by atoms with E-state index in [1.165, 1.54) is 45.6 Å². The molecular formula is C29H37F2N7O5. The lowest BCUT2D eigenvalue weighted by Crippen LogP contribution is -2.44. The number of hydrogen-bond donors (Lipinski definition) is 3. The number of hydrogen-bond acceptors (Lipinski definition) is 8. The number of nitrogens with one attached hydrogen (secondary N) is 2. The van der Waals surface area contributed by atoms with Crippen LogP contribution in [-0.4, -0.2) is 66.5 Å². The maximum absolute atomic E-state index is 13.5. The number of carbonyl (C=O) groups is 2. The Morgan fingerprint density at radius 2 is 1.95 bits per heavy atom. The first-order chi connectivity index (χ1) is 20.0. The second-order valence-corrected chi connectivity index (χ2v) is 12.8. The first kappa shape index (κ1) is 30.4. The molecule has 0 aliphatic heterocycles. The minimum absolute atomic E-state index is 0.0791. The van der Waals surface area contributed by atoms with Gasteiger partial charge in [0.25, 0.3) is 17.4 Å². The zero-order chi connectivity index (χ0) is 31.3. The minimum Gasteiger partial charge on any atom is -0.443 e. The van der Waals surface area contributed by atoms with Crippen molar-refractivity contribution in [2.75, 3.05) is 17.3 Å². The van der Waals surface area contributed by atoms with Gasteiger partial charge >= 0.3 is 6.09 Å². The van der Waals surface area contributed by atoms with Crippen molar-refractivity contribution in [2.24, 2.45) is 0 Å². The fourth-order valence-electron chi connectivity index (χ4n) is 5.54. The number of anilines is 3. The SMILES string of the molecule is CN(C(=O)OC(C)(C)C)c1cc(Nc2cccn(C3CC(F)(F)C3)c2=O)nc2c(C(=O)N[C@H]3CCC[C@](C)(O)C3)cnn12. The van der Waals surface area contributed by atoms with Crippen LogP contribution in [0.3, 0.4) is 0 Å². The van der Waals surface area contributed by atoms with Gasteiger partial charge in [0.15, 0.2) is 5.65 Å². The molecule has 0 aromatic carbocycles. The van der Waals surface area contributed by atoms with Crippen LogP contribution >= 0.6 is 0 Å². The molecule has 3 heterocycles. The highest BCUT2D eigenvalue weighted by Crippen LogP contribution is 2.44.